The Hall–Kier alpha value is -2.10. The monoisotopic (exact) mass is 312 g/mol. The Morgan fingerprint density at radius 3 is 2.61 bits per heavy atom. The van der Waals surface area contributed by atoms with E-state index in [2.05, 4.69) is 57.8 Å². The number of hydrogen-bond donors (Lipinski definition) is 1. The van der Waals surface area contributed by atoms with Gasteiger partial charge < -0.3 is 4.90 Å². The lowest BCUT2D eigenvalue weighted by Crippen LogP contribution is -2.52. The molecule has 3 rings (SSSR count). The van der Waals surface area contributed by atoms with Crippen molar-refractivity contribution in [3.8, 4) is 0 Å². The van der Waals surface area contributed by atoms with Crippen LogP contribution in [0.3, 0.4) is 0 Å². The van der Waals surface area contributed by atoms with Crippen LogP contribution in [0.2, 0.25) is 0 Å². The summed E-state index contributed by atoms with van der Waals surface area (Å²) in [5.41, 5.74) is 4.19. The Morgan fingerprint density at radius 2 is 2.00 bits per heavy atom. The van der Waals surface area contributed by atoms with Crippen molar-refractivity contribution in [3.63, 3.8) is 0 Å². The minimum Gasteiger partial charge on any atom is -0.332 e. The molecule has 0 aliphatic carbocycles. The largest absolute Gasteiger partial charge is 0.332 e. The van der Waals surface area contributed by atoms with Gasteiger partial charge in [-0.15, -0.1) is 0 Å². The number of imide groups is 1. The zero-order chi connectivity index (χ0) is 16.9. The molecule has 2 heterocycles. The number of carbonyl (C=O) groups is 2. The number of benzene rings is 1. The van der Waals surface area contributed by atoms with Gasteiger partial charge in [-0.1, -0.05) is 46.4 Å². The molecule has 1 fully saturated rings. The van der Waals surface area contributed by atoms with Crippen molar-refractivity contribution in [3.05, 3.63) is 41.6 Å². The van der Waals surface area contributed by atoms with Crippen molar-refractivity contribution < 1.29 is 9.59 Å². The van der Waals surface area contributed by atoms with E-state index in [-0.39, 0.29) is 23.3 Å². The number of anilines is 1. The summed E-state index contributed by atoms with van der Waals surface area (Å²) < 4.78 is 0. The van der Waals surface area contributed by atoms with Crippen LogP contribution in [-0.2, 0) is 15.0 Å². The predicted molar refractivity (Wildman–Crippen MR) is 91.3 cm³/mol. The van der Waals surface area contributed by atoms with Gasteiger partial charge in [-0.25, -0.2) is 0 Å². The minimum absolute atomic E-state index is 0.188. The molecule has 1 aromatic carbocycles. The van der Waals surface area contributed by atoms with E-state index in [9.17, 15) is 9.59 Å². The van der Waals surface area contributed by atoms with Gasteiger partial charge in [-0.3, -0.25) is 14.9 Å². The number of rotatable bonds is 2. The summed E-state index contributed by atoms with van der Waals surface area (Å²) >= 11 is 0. The Labute approximate surface area is 137 Å². The van der Waals surface area contributed by atoms with E-state index in [4.69, 9.17) is 0 Å². The molecule has 1 N–H and O–H groups in total. The lowest BCUT2D eigenvalue weighted by Gasteiger charge is -2.34. The summed E-state index contributed by atoms with van der Waals surface area (Å²) in [5.74, 6) is 0.00774. The number of carbonyl (C=O) groups excluding carboxylic acids is 2. The van der Waals surface area contributed by atoms with E-state index < -0.39 is 0 Å². The van der Waals surface area contributed by atoms with Crippen LogP contribution in [0.25, 0.3) is 0 Å². The average molecular weight is 312 g/mol. The van der Waals surface area contributed by atoms with Crippen molar-refractivity contribution in [2.45, 2.75) is 57.9 Å². The van der Waals surface area contributed by atoms with Gasteiger partial charge in [-0.05, 0) is 29.5 Å². The van der Waals surface area contributed by atoms with Crippen LogP contribution >= 0.6 is 0 Å². The molecule has 122 valence electrons. The van der Waals surface area contributed by atoms with E-state index in [0.717, 1.165) is 11.4 Å². The van der Waals surface area contributed by atoms with E-state index in [1.165, 1.54) is 11.1 Å². The van der Waals surface area contributed by atoms with Crippen LogP contribution in [0.15, 0.2) is 30.5 Å². The molecule has 1 unspecified atom stereocenters. The SMILES string of the molecule is C=C1N(C2CCC(=O)NC2=O)c2cc(C(C)C)ccc2C1(C)C. The third kappa shape index (κ3) is 2.37. The zero-order valence-electron chi connectivity index (χ0n) is 14.3. The van der Waals surface area contributed by atoms with E-state index in [1.807, 2.05) is 4.90 Å². The second-order valence-electron chi connectivity index (χ2n) is 7.34. The van der Waals surface area contributed by atoms with Gasteiger partial charge in [0.15, 0.2) is 0 Å². The molecule has 0 aromatic heterocycles. The van der Waals surface area contributed by atoms with Crippen molar-refractivity contribution in [2.24, 2.45) is 0 Å². The first-order valence-electron chi connectivity index (χ1n) is 8.20. The fraction of sp³-hybridized carbons (Fsp3) is 0.474. The summed E-state index contributed by atoms with van der Waals surface area (Å²) in [6.07, 6.45) is 0.908. The fourth-order valence-corrected chi connectivity index (χ4v) is 3.52. The average Bonchev–Trinajstić information content (AvgIpc) is 2.67. The van der Waals surface area contributed by atoms with Crippen LogP contribution in [0.1, 0.15) is 57.6 Å². The number of allylic oxidation sites excluding steroid dienone is 1. The smallest absolute Gasteiger partial charge is 0.249 e. The third-order valence-corrected chi connectivity index (χ3v) is 5.16. The maximum Gasteiger partial charge on any atom is 0.249 e. The Kier molecular flexibility index (Phi) is 3.58. The van der Waals surface area contributed by atoms with Crippen LogP contribution in [0.5, 0.6) is 0 Å². The number of amides is 2. The molecule has 0 spiro atoms. The number of fused-ring (bicyclic) bond motifs is 1. The number of piperidine rings is 1. The second kappa shape index (κ2) is 5.22. The first-order valence-corrected chi connectivity index (χ1v) is 8.20. The Morgan fingerprint density at radius 1 is 1.30 bits per heavy atom. The molecule has 4 nitrogen and oxygen atoms in total. The molecule has 1 atom stereocenters. The van der Waals surface area contributed by atoms with Gasteiger partial charge in [-0.2, -0.15) is 0 Å². The maximum absolute atomic E-state index is 12.4. The molecule has 2 amide bonds. The van der Waals surface area contributed by atoms with Crippen LogP contribution in [-0.4, -0.2) is 17.9 Å². The normalized spacial score (nSPS) is 23.3. The highest BCUT2D eigenvalue weighted by Crippen LogP contribution is 2.49. The molecule has 2 aliphatic heterocycles. The standard InChI is InChI=1S/C19H24N2O2/c1-11(2)13-6-7-14-16(10-13)21(12(3)19(14,4)5)15-8-9-17(22)20-18(15)23/h6-7,10-11,15H,3,8-9H2,1-2,4-5H3,(H,20,22,23). The van der Waals surface area contributed by atoms with E-state index >= 15 is 0 Å². The van der Waals surface area contributed by atoms with E-state index in [1.54, 1.807) is 0 Å². The minimum atomic E-state index is -0.358. The second-order valence-corrected chi connectivity index (χ2v) is 7.34. The molecule has 0 bridgehead atoms. The summed E-state index contributed by atoms with van der Waals surface area (Å²) in [6.45, 7) is 12.9. The lowest BCUT2D eigenvalue weighted by atomic mass is 9.83. The maximum atomic E-state index is 12.4. The summed E-state index contributed by atoms with van der Waals surface area (Å²) in [5, 5.41) is 2.46. The summed E-state index contributed by atoms with van der Waals surface area (Å²) in [7, 11) is 0. The van der Waals surface area contributed by atoms with Gasteiger partial charge in [0.25, 0.3) is 0 Å². The molecule has 1 aromatic rings. The summed E-state index contributed by atoms with van der Waals surface area (Å²) in [6, 6.07) is 6.13. The van der Waals surface area contributed by atoms with Crippen molar-refractivity contribution in [1.29, 1.82) is 0 Å². The molecule has 23 heavy (non-hydrogen) atoms. The van der Waals surface area contributed by atoms with Crippen LogP contribution in [0, 0.1) is 0 Å². The van der Waals surface area contributed by atoms with Gasteiger partial charge >= 0.3 is 0 Å². The molecule has 4 heteroatoms. The van der Waals surface area contributed by atoms with Crippen molar-refractivity contribution >= 4 is 17.5 Å². The quantitative estimate of drug-likeness (QED) is 0.853. The number of nitrogens with zero attached hydrogens (tertiary/aromatic N) is 1. The Bertz CT molecular complexity index is 703. The lowest BCUT2D eigenvalue weighted by molar-refractivity contribution is -0.134. The van der Waals surface area contributed by atoms with Crippen molar-refractivity contribution in [2.75, 3.05) is 4.90 Å². The Balaban J connectivity index is 2.09. The van der Waals surface area contributed by atoms with E-state index in [0.29, 0.717) is 18.8 Å². The molecule has 0 saturated carbocycles. The molecule has 1 saturated heterocycles. The fourth-order valence-electron chi connectivity index (χ4n) is 3.52. The zero-order valence-corrected chi connectivity index (χ0v) is 14.3. The molecule has 0 radical (unpaired) electrons. The highest BCUT2D eigenvalue weighted by Gasteiger charge is 2.45. The van der Waals surface area contributed by atoms with Crippen molar-refractivity contribution in [1.82, 2.24) is 5.32 Å². The first-order chi connectivity index (χ1) is 10.7. The molecule has 2 aliphatic rings. The molecular formula is C19H24N2O2. The van der Waals surface area contributed by atoms with Crippen LogP contribution < -0.4 is 10.2 Å². The third-order valence-electron chi connectivity index (χ3n) is 5.16. The van der Waals surface area contributed by atoms with Gasteiger partial charge in [0.1, 0.15) is 6.04 Å². The van der Waals surface area contributed by atoms with Crippen LogP contribution in [0.4, 0.5) is 5.69 Å². The first kappa shape index (κ1) is 15.8. The topological polar surface area (TPSA) is 49.4 Å². The molecular weight excluding hydrogens is 288 g/mol. The van der Waals surface area contributed by atoms with Gasteiger partial charge in [0.05, 0.1) is 0 Å². The number of nitrogens with one attached hydrogen (secondary N) is 1. The van der Waals surface area contributed by atoms with Gasteiger partial charge in [0.2, 0.25) is 11.8 Å². The highest BCUT2D eigenvalue weighted by atomic mass is 16.2. The number of hydrogen-bond acceptors (Lipinski definition) is 3. The van der Waals surface area contributed by atoms with Gasteiger partial charge in [0, 0.05) is 23.2 Å². The summed E-state index contributed by atoms with van der Waals surface area (Å²) in [4.78, 5) is 25.9. The predicted octanol–water partition coefficient (Wildman–Crippen LogP) is 3.23. The highest BCUT2D eigenvalue weighted by molar-refractivity contribution is 6.02.